The number of hydrogen-bond donors (Lipinski definition) is 0. The van der Waals surface area contributed by atoms with Gasteiger partial charge >= 0.3 is 0 Å². The third-order valence-electron chi connectivity index (χ3n) is 2.88. The fourth-order valence-electron chi connectivity index (χ4n) is 1.90. The second-order valence-corrected chi connectivity index (χ2v) is 3.97. The summed E-state index contributed by atoms with van der Waals surface area (Å²) < 4.78 is 0. The second kappa shape index (κ2) is 3.89. The molecule has 0 aliphatic heterocycles. The Morgan fingerprint density at radius 3 is 2.09 bits per heavy atom. The smallest absolute Gasteiger partial charge is 0.201 e. The zero-order valence-corrected chi connectivity index (χ0v) is 7.47. The number of rotatable bonds is 2. The van der Waals surface area contributed by atoms with Crippen LogP contribution in [0.4, 0.5) is 0 Å². The molecule has 1 rings (SSSR count). The average Bonchev–Trinajstić information content (AvgIpc) is 2.05. The Kier molecular flexibility index (Phi) is 3.10. The van der Waals surface area contributed by atoms with Crippen molar-refractivity contribution >= 4 is 6.29 Å². The summed E-state index contributed by atoms with van der Waals surface area (Å²) in [5.74, 6) is 1.91. The highest BCUT2D eigenvalue weighted by molar-refractivity contribution is 5.54. The fourth-order valence-corrected chi connectivity index (χ4v) is 1.90. The van der Waals surface area contributed by atoms with E-state index in [1.165, 1.54) is 12.8 Å². The zero-order valence-electron chi connectivity index (χ0n) is 7.47. The van der Waals surface area contributed by atoms with Gasteiger partial charge in [0, 0.05) is 5.92 Å². The van der Waals surface area contributed by atoms with E-state index in [1.807, 2.05) is 0 Å². The first-order valence-corrected chi connectivity index (χ1v) is 4.61. The summed E-state index contributed by atoms with van der Waals surface area (Å²) in [5.41, 5.74) is 0. The Labute approximate surface area is 69.2 Å². The van der Waals surface area contributed by atoms with Crippen LogP contribution >= 0.6 is 0 Å². The van der Waals surface area contributed by atoms with Crippen molar-refractivity contribution in [3.05, 3.63) is 0 Å². The third kappa shape index (κ3) is 2.32. The van der Waals surface area contributed by atoms with E-state index >= 15 is 0 Å². The Morgan fingerprint density at radius 2 is 1.73 bits per heavy atom. The Hall–Kier alpha value is -0.330. The molecule has 63 valence electrons. The van der Waals surface area contributed by atoms with Crippen LogP contribution in [0, 0.1) is 17.8 Å². The monoisotopic (exact) mass is 153 g/mol. The van der Waals surface area contributed by atoms with Crippen LogP contribution in [0.5, 0.6) is 0 Å². The van der Waals surface area contributed by atoms with Gasteiger partial charge in [-0.05, 0) is 37.5 Å². The van der Waals surface area contributed by atoms with E-state index < -0.39 is 0 Å². The molecule has 0 heterocycles. The predicted molar refractivity (Wildman–Crippen MR) is 46.0 cm³/mol. The largest absolute Gasteiger partial charge is 0.291 e. The summed E-state index contributed by atoms with van der Waals surface area (Å²) in [7, 11) is 0. The van der Waals surface area contributed by atoms with Gasteiger partial charge in [-0.2, -0.15) is 0 Å². The van der Waals surface area contributed by atoms with Crippen molar-refractivity contribution in [1.29, 1.82) is 0 Å². The molecule has 0 aromatic rings. The normalized spacial score (nSPS) is 32.3. The molecule has 0 aromatic carbocycles. The van der Waals surface area contributed by atoms with E-state index in [2.05, 4.69) is 20.1 Å². The topological polar surface area (TPSA) is 17.1 Å². The average molecular weight is 153 g/mol. The highest BCUT2D eigenvalue weighted by atomic mass is 16.1. The van der Waals surface area contributed by atoms with Crippen LogP contribution in [0.3, 0.4) is 0 Å². The van der Waals surface area contributed by atoms with Crippen molar-refractivity contribution in [3.8, 4) is 0 Å². The Bertz CT molecular complexity index is 121. The van der Waals surface area contributed by atoms with Gasteiger partial charge in [-0.1, -0.05) is 13.8 Å². The van der Waals surface area contributed by atoms with Gasteiger partial charge in [0.15, 0.2) is 0 Å². The molecule has 1 aliphatic carbocycles. The molecule has 0 N–H and O–H groups in total. The minimum absolute atomic E-state index is 0.255. The second-order valence-electron chi connectivity index (χ2n) is 3.97. The molecule has 1 heteroatoms. The lowest BCUT2D eigenvalue weighted by Crippen LogP contribution is -2.19. The molecule has 1 fully saturated rings. The third-order valence-corrected chi connectivity index (χ3v) is 2.88. The van der Waals surface area contributed by atoms with Crippen LogP contribution < -0.4 is 0 Å². The lowest BCUT2D eigenvalue weighted by atomic mass is 9.77. The van der Waals surface area contributed by atoms with Gasteiger partial charge in [-0.15, -0.1) is 0 Å². The summed E-state index contributed by atoms with van der Waals surface area (Å²) in [5, 5.41) is 0. The van der Waals surface area contributed by atoms with Crippen LogP contribution in [-0.2, 0) is 4.79 Å². The first-order valence-electron chi connectivity index (χ1n) is 4.61. The van der Waals surface area contributed by atoms with Crippen LogP contribution in [0.15, 0.2) is 0 Å². The minimum atomic E-state index is 0.255. The fraction of sp³-hybridized carbons (Fsp3) is 0.900. The van der Waals surface area contributed by atoms with Crippen molar-refractivity contribution in [2.45, 2.75) is 39.5 Å². The van der Waals surface area contributed by atoms with Crippen molar-refractivity contribution in [3.63, 3.8) is 0 Å². The molecule has 1 aliphatic rings. The van der Waals surface area contributed by atoms with Crippen LogP contribution in [0.1, 0.15) is 39.5 Å². The van der Waals surface area contributed by atoms with Gasteiger partial charge in [-0.3, -0.25) is 4.79 Å². The number of carbonyl (C=O) groups excluding carboxylic acids is 1. The maximum Gasteiger partial charge on any atom is 0.201 e. The van der Waals surface area contributed by atoms with Crippen molar-refractivity contribution in [2.24, 2.45) is 17.8 Å². The van der Waals surface area contributed by atoms with Crippen LogP contribution in [-0.4, -0.2) is 6.29 Å². The molecule has 1 radical (unpaired) electrons. The SMILES string of the molecule is CC(C)[C@H]1CC[C@H]([C]=O)CC1. The summed E-state index contributed by atoms with van der Waals surface area (Å²) in [6.45, 7) is 4.55. The molecule has 0 bridgehead atoms. The van der Waals surface area contributed by atoms with Gasteiger partial charge in [0.05, 0.1) is 0 Å². The highest BCUT2D eigenvalue weighted by Crippen LogP contribution is 2.31. The van der Waals surface area contributed by atoms with Gasteiger partial charge < -0.3 is 0 Å². The quantitative estimate of drug-likeness (QED) is 0.596. The molecule has 0 aromatic heterocycles. The highest BCUT2D eigenvalue weighted by Gasteiger charge is 2.22. The summed E-state index contributed by atoms with van der Waals surface area (Å²) in [6.07, 6.45) is 6.73. The van der Waals surface area contributed by atoms with E-state index in [0.717, 1.165) is 24.7 Å². The molecular formula is C10H17O. The summed E-state index contributed by atoms with van der Waals surface area (Å²) >= 11 is 0. The molecule has 1 nitrogen and oxygen atoms in total. The van der Waals surface area contributed by atoms with Crippen LogP contribution in [0.2, 0.25) is 0 Å². The van der Waals surface area contributed by atoms with Gasteiger partial charge in [-0.25, -0.2) is 0 Å². The van der Waals surface area contributed by atoms with E-state index in [4.69, 9.17) is 0 Å². The first kappa shape index (κ1) is 8.76. The molecule has 0 atom stereocenters. The van der Waals surface area contributed by atoms with Gasteiger partial charge in [0.25, 0.3) is 0 Å². The van der Waals surface area contributed by atoms with E-state index in [-0.39, 0.29) is 5.92 Å². The first-order chi connectivity index (χ1) is 5.24. The van der Waals surface area contributed by atoms with Gasteiger partial charge in [0.2, 0.25) is 6.29 Å². The summed E-state index contributed by atoms with van der Waals surface area (Å²) in [6, 6.07) is 0. The minimum Gasteiger partial charge on any atom is -0.291 e. The predicted octanol–water partition coefficient (Wildman–Crippen LogP) is 2.56. The standard InChI is InChI=1S/C10H17O/c1-8(2)10-5-3-9(7-11)4-6-10/h8-10H,3-6H2,1-2H3/t9-,10-. The lowest BCUT2D eigenvalue weighted by molar-refractivity contribution is 0.252. The molecule has 0 spiro atoms. The molecule has 11 heavy (non-hydrogen) atoms. The van der Waals surface area contributed by atoms with E-state index in [1.54, 1.807) is 0 Å². The van der Waals surface area contributed by atoms with Crippen molar-refractivity contribution < 1.29 is 4.79 Å². The maximum absolute atomic E-state index is 10.3. The lowest BCUT2D eigenvalue weighted by Gasteiger charge is -2.27. The van der Waals surface area contributed by atoms with Crippen LogP contribution in [0.25, 0.3) is 0 Å². The molecule has 0 saturated heterocycles. The van der Waals surface area contributed by atoms with Crippen molar-refractivity contribution in [2.75, 3.05) is 0 Å². The Morgan fingerprint density at radius 1 is 1.18 bits per heavy atom. The number of hydrogen-bond acceptors (Lipinski definition) is 1. The zero-order chi connectivity index (χ0) is 8.27. The molecule has 0 unspecified atom stereocenters. The maximum atomic E-state index is 10.3. The molecule has 0 amide bonds. The van der Waals surface area contributed by atoms with E-state index in [0.29, 0.717) is 0 Å². The molecular weight excluding hydrogens is 136 g/mol. The van der Waals surface area contributed by atoms with Crippen molar-refractivity contribution in [1.82, 2.24) is 0 Å². The molecule has 1 saturated carbocycles. The van der Waals surface area contributed by atoms with E-state index in [9.17, 15) is 4.79 Å². The Balaban J connectivity index is 2.29. The summed E-state index contributed by atoms with van der Waals surface area (Å²) in [4.78, 5) is 10.3. The van der Waals surface area contributed by atoms with Gasteiger partial charge in [0.1, 0.15) is 0 Å².